The second-order valence-corrected chi connectivity index (χ2v) is 8.28. The SMILES string of the molecule is CC(C)(C)c1ccc(CN2CCNC(C)(C3CC3)C2)cc1. The minimum atomic E-state index is 0.248. The van der Waals surface area contributed by atoms with E-state index >= 15 is 0 Å². The Morgan fingerprint density at radius 2 is 1.86 bits per heavy atom. The van der Waals surface area contributed by atoms with Gasteiger partial charge < -0.3 is 5.32 Å². The van der Waals surface area contributed by atoms with E-state index in [1.807, 2.05) is 0 Å². The highest BCUT2D eigenvalue weighted by Crippen LogP contribution is 2.40. The summed E-state index contributed by atoms with van der Waals surface area (Å²) in [5.74, 6) is 0.906. The molecular formula is C19H30N2. The Morgan fingerprint density at radius 1 is 1.19 bits per heavy atom. The molecule has 0 radical (unpaired) electrons. The van der Waals surface area contributed by atoms with Gasteiger partial charge in [-0.15, -0.1) is 0 Å². The third-order valence-electron chi connectivity index (χ3n) is 5.21. The van der Waals surface area contributed by atoms with Crippen LogP contribution >= 0.6 is 0 Å². The van der Waals surface area contributed by atoms with E-state index in [1.54, 1.807) is 0 Å². The first-order valence-electron chi connectivity index (χ1n) is 8.44. The third kappa shape index (κ3) is 3.49. The van der Waals surface area contributed by atoms with Crippen LogP contribution in [-0.4, -0.2) is 30.1 Å². The summed E-state index contributed by atoms with van der Waals surface area (Å²) in [4.78, 5) is 2.63. The van der Waals surface area contributed by atoms with E-state index in [2.05, 4.69) is 62.2 Å². The van der Waals surface area contributed by atoms with Crippen molar-refractivity contribution in [2.75, 3.05) is 19.6 Å². The molecule has 2 nitrogen and oxygen atoms in total. The number of nitrogens with zero attached hydrogens (tertiary/aromatic N) is 1. The van der Waals surface area contributed by atoms with E-state index in [4.69, 9.17) is 0 Å². The van der Waals surface area contributed by atoms with Gasteiger partial charge in [0.2, 0.25) is 0 Å². The zero-order chi connectivity index (χ0) is 15.1. The van der Waals surface area contributed by atoms with Crippen molar-refractivity contribution in [1.29, 1.82) is 0 Å². The average molecular weight is 286 g/mol. The van der Waals surface area contributed by atoms with Gasteiger partial charge in [0.05, 0.1) is 0 Å². The minimum Gasteiger partial charge on any atom is -0.309 e. The molecule has 3 rings (SSSR count). The van der Waals surface area contributed by atoms with Crippen LogP contribution in [0, 0.1) is 5.92 Å². The summed E-state index contributed by atoms with van der Waals surface area (Å²) in [6, 6.07) is 9.24. The van der Waals surface area contributed by atoms with Crippen LogP contribution in [0.3, 0.4) is 0 Å². The molecule has 1 aromatic carbocycles. The lowest BCUT2D eigenvalue weighted by Crippen LogP contribution is -2.59. The van der Waals surface area contributed by atoms with Crippen LogP contribution in [0.15, 0.2) is 24.3 Å². The summed E-state index contributed by atoms with van der Waals surface area (Å²) in [5, 5.41) is 3.76. The van der Waals surface area contributed by atoms with Gasteiger partial charge in [-0.3, -0.25) is 4.90 Å². The molecule has 0 amide bonds. The molecule has 21 heavy (non-hydrogen) atoms. The molecule has 0 aromatic heterocycles. The molecular weight excluding hydrogens is 256 g/mol. The van der Waals surface area contributed by atoms with Crippen LogP contribution in [0.1, 0.15) is 51.7 Å². The number of rotatable bonds is 3. The van der Waals surface area contributed by atoms with Crippen molar-refractivity contribution in [3.63, 3.8) is 0 Å². The maximum absolute atomic E-state index is 3.76. The molecule has 1 aromatic rings. The topological polar surface area (TPSA) is 15.3 Å². The van der Waals surface area contributed by atoms with E-state index in [9.17, 15) is 0 Å². The van der Waals surface area contributed by atoms with Crippen molar-refractivity contribution in [3.8, 4) is 0 Å². The standard InChI is InChI=1S/C19H30N2/c1-18(2,3)16-7-5-15(6-8-16)13-21-12-11-20-19(4,14-21)17-9-10-17/h5-8,17,20H,9-14H2,1-4H3. The second kappa shape index (κ2) is 5.40. The van der Waals surface area contributed by atoms with Gasteiger partial charge in [-0.25, -0.2) is 0 Å². The molecule has 1 aliphatic carbocycles. The summed E-state index contributed by atoms with van der Waals surface area (Å²) >= 11 is 0. The van der Waals surface area contributed by atoms with Gasteiger partial charge in [-0.2, -0.15) is 0 Å². The minimum absolute atomic E-state index is 0.248. The van der Waals surface area contributed by atoms with E-state index in [0.717, 1.165) is 19.0 Å². The molecule has 116 valence electrons. The first-order chi connectivity index (χ1) is 9.87. The van der Waals surface area contributed by atoms with E-state index in [1.165, 1.54) is 37.1 Å². The van der Waals surface area contributed by atoms with Crippen molar-refractivity contribution in [1.82, 2.24) is 10.2 Å². The van der Waals surface area contributed by atoms with Crippen LogP contribution in [-0.2, 0) is 12.0 Å². The van der Waals surface area contributed by atoms with E-state index in [0.29, 0.717) is 5.54 Å². The summed E-state index contributed by atoms with van der Waals surface area (Å²) in [6.07, 6.45) is 2.83. The lowest BCUT2D eigenvalue weighted by atomic mass is 9.86. The predicted molar refractivity (Wildman–Crippen MR) is 89.6 cm³/mol. The molecule has 0 bridgehead atoms. The normalized spacial score (nSPS) is 27.8. The van der Waals surface area contributed by atoms with Gasteiger partial charge in [0, 0.05) is 31.7 Å². The monoisotopic (exact) mass is 286 g/mol. The number of piperazine rings is 1. The molecule has 1 saturated heterocycles. The molecule has 2 aliphatic rings. The Kier molecular flexibility index (Phi) is 3.87. The Morgan fingerprint density at radius 3 is 2.43 bits per heavy atom. The summed E-state index contributed by atoms with van der Waals surface area (Å²) in [5.41, 5.74) is 3.47. The van der Waals surface area contributed by atoms with Crippen molar-refractivity contribution >= 4 is 0 Å². The molecule has 1 saturated carbocycles. The smallest absolute Gasteiger partial charge is 0.0309 e. The molecule has 1 N–H and O–H groups in total. The van der Waals surface area contributed by atoms with Gasteiger partial charge in [0.15, 0.2) is 0 Å². The van der Waals surface area contributed by atoms with Gasteiger partial charge in [0.25, 0.3) is 0 Å². The van der Waals surface area contributed by atoms with Crippen LogP contribution in [0.25, 0.3) is 0 Å². The third-order valence-corrected chi connectivity index (χ3v) is 5.21. The van der Waals surface area contributed by atoms with Gasteiger partial charge in [-0.05, 0) is 42.2 Å². The maximum Gasteiger partial charge on any atom is 0.0309 e. The van der Waals surface area contributed by atoms with Crippen LogP contribution in [0.5, 0.6) is 0 Å². The van der Waals surface area contributed by atoms with Gasteiger partial charge in [0.1, 0.15) is 0 Å². The van der Waals surface area contributed by atoms with Gasteiger partial charge in [-0.1, -0.05) is 45.0 Å². The predicted octanol–water partition coefficient (Wildman–Crippen LogP) is 3.56. The van der Waals surface area contributed by atoms with Crippen molar-refractivity contribution in [2.45, 2.75) is 58.0 Å². The Balaban J connectivity index is 1.63. The number of hydrogen-bond donors (Lipinski definition) is 1. The lowest BCUT2D eigenvalue weighted by Gasteiger charge is -2.42. The Bertz CT molecular complexity index is 481. The van der Waals surface area contributed by atoms with Crippen molar-refractivity contribution in [2.24, 2.45) is 5.92 Å². The quantitative estimate of drug-likeness (QED) is 0.914. The summed E-state index contributed by atoms with van der Waals surface area (Å²) in [6.45, 7) is 13.8. The van der Waals surface area contributed by atoms with Crippen LogP contribution in [0.2, 0.25) is 0 Å². The highest BCUT2D eigenvalue weighted by Gasteiger charge is 2.43. The van der Waals surface area contributed by atoms with E-state index < -0.39 is 0 Å². The Labute approximate surface area is 129 Å². The first-order valence-corrected chi connectivity index (χ1v) is 8.44. The zero-order valence-corrected chi connectivity index (χ0v) is 14.1. The largest absolute Gasteiger partial charge is 0.309 e. The molecule has 1 heterocycles. The first kappa shape index (κ1) is 15.1. The molecule has 2 heteroatoms. The number of benzene rings is 1. The molecule has 2 fully saturated rings. The fourth-order valence-electron chi connectivity index (χ4n) is 3.60. The van der Waals surface area contributed by atoms with Crippen molar-refractivity contribution in [3.05, 3.63) is 35.4 Å². The zero-order valence-electron chi connectivity index (χ0n) is 14.1. The van der Waals surface area contributed by atoms with Crippen molar-refractivity contribution < 1.29 is 0 Å². The second-order valence-electron chi connectivity index (χ2n) is 8.28. The summed E-state index contributed by atoms with van der Waals surface area (Å²) < 4.78 is 0. The molecule has 1 unspecified atom stereocenters. The fraction of sp³-hybridized carbons (Fsp3) is 0.684. The van der Waals surface area contributed by atoms with Crippen LogP contribution in [0.4, 0.5) is 0 Å². The summed E-state index contributed by atoms with van der Waals surface area (Å²) in [7, 11) is 0. The van der Waals surface area contributed by atoms with E-state index in [-0.39, 0.29) is 5.41 Å². The molecule has 1 aliphatic heterocycles. The van der Waals surface area contributed by atoms with Crippen LogP contribution < -0.4 is 5.32 Å². The average Bonchev–Trinajstić information content (AvgIpc) is 3.23. The highest BCUT2D eigenvalue weighted by molar-refractivity contribution is 5.27. The highest BCUT2D eigenvalue weighted by atomic mass is 15.2. The Hall–Kier alpha value is -0.860. The maximum atomic E-state index is 3.76. The molecule has 1 atom stereocenters. The number of nitrogens with one attached hydrogen (secondary N) is 1. The van der Waals surface area contributed by atoms with Gasteiger partial charge >= 0.3 is 0 Å². The fourth-order valence-corrected chi connectivity index (χ4v) is 3.60. The lowest BCUT2D eigenvalue weighted by molar-refractivity contribution is 0.121. The number of hydrogen-bond acceptors (Lipinski definition) is 2. The molecule has 0 spiro atoms.